The van der Waals surface area contributed by atoms with Crippen LogP contribution in [0.25, 0.3) is 0 Å². The highest BCUT2D eigenvalue weighted by Crippen LogP contribution is 2.10. The van der Waals surface area contributed by atoms with Gasteiger partial charge in [0.25, 0.3) is 0 Å². The van der Waals surface area contributed by atoms with Crippen LogP contribution in [0.4, 0.5) is 0 Å². The number of nitrogens with zero attached hydrogens (tertiary/aromatic N) is 2. The Bertz CT molecular complexity index is 183. The zero-order chi connectivity index (χ0) is 9.14. The first kappa shape index (κ1) is 9.32. The highest BCUT2D eigenvalue weighted by atomic mass is 15.2. The standard InChI is InChI=1S/C8H18N4/c1-3-12-5-4-7(6-12)11(2)8(9)10/h7H,3-6H2,1-2H3,(H3,9,10)/p+1. The molecule has 0 saturated carbocycles. The quantitative estimate of drug-likeness (QED) is 0.318. The molecule has 1 heterocycles. The molecule has 0 radical (unpaired) electrons. The zero-order valence-corrected chi connectivity index (χ0v) is 7.95. The molecule has 0 aromatic carbocycles. The molecule has 4 nitrogen and oxygen atoms in total. The topological polar surface area (TPSA) is 58.3 Å². The molecule has 0 aromatic heterocycles. The lowest BCUT2D eigenvalue weighted by molar-refractivity contribution is -0.536. The summed E-state index contributed by atoms with van der Waals surface area (Å²) in [7, 11) is 1.96. The third kappa shape index (κ3) is 1.88. The number of likely N-dealkylation sites (N-methyl/N-ethyl adjacent to an activating group) is 2. The molecule has 1 unspecified atom stereocenters. The van der Waals surface area contributed by atoms with Gasteiger partial charge in [-0.3, -0.25) is 16.0 Å². The summed E-state index contributed by atoms with van der Waals surface area (Å²) in [6, 6.07) is 0.509. The molecule has 0 aliphatic carbocycles. The summed E-state index contributed by atoms with van der Waals surface area (Å²) in [5.74, 6) is 0.429. The van der Waals surface area contributed by atoms with Gasteiger partial charge in [-0.2, -0.15) is 0 Å². The third-order valence-corrected chi connectivity index (χ3v) is 2.65. The van der Waals surface area contributed by atoms with Crippen LogP contribution in [0.3, 0.4) is 0 Å². The second kappa shape index (κ2) is 3.76. The van der Waals surface area contributed by atoms with Crippen molar-refractivity contribution in [3.8, 4) is 0 Å². The van der Waals surface area contributed by atoms with Gasteiger partial charge in [-0.15, -0.1) is 0 Å². The Morgan fingerprint density at radius 3 is 2.67 bits per heavy atom. The fraction of sp³-hybridized carbons (Fsp3) is 0.875. The first-order valence-corrected chi connectivity index (χ1v) is 4.48. The van der Waals surface area contributed by atoms with Gasteiger partial charge in [-0.25, -0.2) is 0 Å². The Morgan fingerprint density at radius 2 is 2.25 bits per heavy atom. The molecule has 1 atom stereocenters. The van der Waals surface area contributed by atoms with E-state index in [1.165, 1.54) is 13.0 Å². The molecule has 1 rings (SSSR count). The normalized spacial score (nSPS) is 24.3. The van der Waals surface area contributed by atoms with Crippen molar-refractivity contribution in [2.75, 3.05) is 26.7 Å². The van der Waals surface area contributed by atoms with E-state index in [2.05, 4.69) is 11.8 Å². The zero-order valence-electron chi connectivity index (χ0n) is 7.95. The first-order valence-electron chi connectivity index (χ1n) is 4.48. The minimum absolute atomic E-state index is 0.429. The molecule has 1 saturated heterocycles. The van der Waals surface area contributed by atoms with Gasteiger partial charge in [0.05, 0.1) is 13.1 Å². The second-order valence-electron chi connectivity index (χ2n) is 3.37. The summed E-state index contributed by atoms with van der Waals surface area (Å²) < 4.78 is 1.97. The molecule has 0 aromatic rings. The number of hydrogen-bond acceptors (Lipinski definition) is 1. The van der Waals surface area contributed by atoms with Crippen molar-refractivity contribution in [3.05, 3.63) is 0 Å². The molecule has 4 N–H and O–H groups in total. The van der Waals surface area contributed by atoms with E-state index in [-0.39, 0.29) is 0 Å². The molecular weight excluding hydrogens is 152 g/mol. The third-order valence-electron chi connectivity index (χ3n) is 2.65. The molecule has 1 aliphatic heterocycles. The van der Waals surface area contributed by atoms with E-state index in [4.69, 9.17) is 11.5 Å². The molecule has 1 aliphatic rings. The van der Waals surface area contributed by atoms with Gasteiger partial charge in [-0.05, 0) is 13.0 Å². The second-order valence-corrected chi connectivity index (χ2v) is 3.37. The predicted octanol–water partition coefficient (Wildman–Crippen LogP) is -1.00. The summed E-state index contributed by atoms with van der Waals surface area (Å²) >= 11 is 0. The number of nitrogens with two attached hydrogens (primary N) is 2. The smallest absolute Gasteiger partial charge is 0.300 e. The van der Waals surface area contributed by atoms with Crippen molar-refractivity contribution in [3.63, 3.8) is 0 Å². The Balaban J connectivity index is 2.52. The molecule has 70 valence electrons. The van der Waals surface area contributed by atoms with Crippen molar-refractivity contribution in [2.24, 2.45) is 11.5 Å². The van der Waals surface area contributed by atoms with Crippen LogP contribution in [-0.4, -0.2) is 48.2 Å². The number of rotatable bonds is 2. The highest BCUT2D eigenvalue weighted by molar-refractivity contribution is 5.70. The maximum Gasteiger partial charge on any atom is 0.341 e. The molecule has 1 fully saturated rings. The summed E-state index contributed by atoms with van der Waals surface area (Å²) in [5, 5.41) is 0. The van der Waals surface area contributed by atoms with E-state index >= 15 is 0 Å². The van der Waals surface area contributed by atoms with Gasteiger partial charge in [0.15, 0.2) is 0 Å². The number of likely N-dealkylation sites (tertiary alicyclic amines) is 1. The van der Waals surface area contributed by atoms with Gasteiger partial charge >= 0.3 is 5.96 Å². The summed E-state index contributed by atoms with van der Waals surface area (Å²) in [6.45, 7) is 5.55. The van der Waals surface area contributed by atoms with Gasteiger partial charge in [0, 0.05) is 13.1 Å². The molecular formula is C8H19N4+. The SMILES string of the molecule is CCN1CCC([N+](C)=C(N)N)C1. The van der Waals surface area contributed by atoms with E-state index in [9.17, 15) is 0 Å². The monoisotopic (exact) mass is 171 g/mol. The van der Waals surface area contributed by atoms with Crippen molar-refractivity contribution < 1.29 is 4.58 Å². The Labute approximate surface area is 73.8 Å². The first-order chi connectivity index (χ1) is 5.65. The van der Waals surface area contributed by atoms with Crippen LogP contribution >= 0.6 is 0 Å². The Kier molecular flexibility index (Phi) is 2.92. The lowest BCUT2D eigenvalue weighted by atomic mass is 10.2. The van der Waals surface area contributed by atoms with Crippen molar-refractivity contribution in [1.29, 1.82) is 0 Å². The van der Waals surface area contributed by atoms with Crippen LogP contribution in [0.2, 0.25) is 0 Å². The van der Waals surface area contributed by atoms with Gasteiger partial charge in [0.2, 0.25) is 0 Å². The van der Waals surface area contributed by atoms with Crippen LogP contribution in [0.15, 0.2) is 0 Å². The molecule has 0 bridgehead atoms. The van der Waals surface area contributed by atoms with E-state index < -0.39 is 0 Å². The van der Waals surface area contributed by atoms with Crippen LogP contribution in [0, 0.1) is 0 Å². The van der Waals surface area contributed by atoms with Gasteiger partial charge < -0.3 is 4.90 Å². The van der Waals surface area contributed by atoms with Crippen LogP contribution < -0.4 is 11.5 Å². The maximum atomic E-state index is 5.50. The van der Waals surface area contributed by atoms with Gasteiger partial charge in [-0.1, -0.05) is 6.92 Å². The fourth-order valence-corrected chi connectivity index (χ4v) is 1.63. The number of guanidine groups is 1. The fourth-order valence-electron chi connectivity index (χ4n) is 1.63. The molecule has 0 spiro atoms. The maximum absolute atomic E-state index is 5.50. The van der Waals surface area contributed by atoms with E-state index in [0.29, 0.717) is 12.0 Å². The van der Waals surface area contributed by atoms with E-state index in [1.54, 1.807) is 0 Å². The largest absolute Gasteiger partial charge is 0.341 e. The average molecular weight is 171 g/mol. The lowest BCUT2D eigenvalue weighted by Gasteiger charge is -2.13. The van der Waals surface area contributed by atoms with E-state index in [0.717, 1.165) is 13.1 Å². The highest BCUT2D eigenvalue weighted by Gasteiger charge is 2.24. The Morgan fingerprint density at radius 1 is 1.58 bits per heavy atom. The lowest BCUT2D eigenvalue weighted by Crippen LogP contribution is -2.40. The van der Waals surface area contributed by atoms with Crippen molar-refractivity contribution in [1.82, 2.24) is 4.90 Å². The van der Waals surface area contributed by atoms with Crippen molar-refractivity contribution >= 4 is 5.96 Å². The average Bonchev–Trinajstić information content (AvgIpc) is 2.50. The summed E-state index contributed by atoms with van der Waals surface area (Å²) in [4.78, 5) is 2.41. The molecule has 4 heteroatoms. The van der Waals surface area contributed by atoms with Crippen LogP contribution in [0.5, 0.6) is 0 Å². The number of hydrogen-bond donors (Lipinski definition) is 2. The van der Waals surface area contributed by atoms with Crippen LogP contribution in [-0.2, 0) is 0 Å². The summed E-state index contributed by atoms with van der Waals surface area (Å²) in [5.41, 5.74) is 11.0. The minimum atomic E-state index is 0.429. The van der Waals surface area contributed by atoms with E-state index in [1.807, 2.05) is 11.6 Å². The summed E-state index contributed by atoms with van der Waals surface area (Å²) in [6.07, 6.45) is 1.17. The molecule has 12 heavy (non-hydrogen) atoms. The Hall–Kier alpha value is -0.770. The molecule has 0 amide bonds. The van der Waals surface area contributed by atoms with Gasteiger partial charge in [0.1, 0.15) is 0 Å². The van der Waals surface area contributed by atoms with Crippen molar-refractivity contribution in [2.45, 2.75) is 19.4 Å². The van der Waals surface area contributed by atoms with Crippen LogP contribution in [0.1, 0.15) is 13.3 Å². The predicted molar refractivity (Wildman–Crippen MR) is 50.1 cm³/mol. The minimum Gasteiger partial charge on any atom is -0.300 e.